The van der Waals surface area contributed by atoms with E-state index in [-0.39, 0.29) is 5.91 Å². The Morgan fingerprint density at radius 1 is 1.35 bits per heavy atom. The van der Waals surface area contributed by atoms with E-state index in [0.29, 0.717) is 34.0 Å². The summed E-state index contributed by atoms with van der Waals surface area (Å²) in [4.78, 5) is 26.5. The molecule has 1 amide bonds. The summed E-state index contributed by atoms with van der Waals surface area (Å²) in [6.07, 6.45) is 3.50. The number of amides is 1. The summed E-state index contributed by atoms with van der Waals surface area (Å²) >= 11 is 6.17. The van der Waals surface area contributed by atoms with E-state index >= 15 is 0 Å². The predicted octanol–water partition coefficient (Wildman–Crippen LogP) is 3.81. The Morgan fingerprint density at radius 3 is 2.65 bits per heavy atom. The zero-order valence-corrected chi connectivity index (χ0v) is 14.3. The third-order valence-electron chi connectivity index (χ3n) is 3.84. The van der Waals surface area contributed by atoms with Crippen LogP contribution in [-0.2, 0) is 14.3 Å². The van der Waals surface area contributed by atoms with E-state index in [2.05, 4.69) is 6.92 Å². The van der Waals surface area contributed by atoms with Crippen LogP contribution in [0.3, 0.4) is 0 Å². The van der Waals surface area contributed by atoms with E-state index in [1.807, 2.05) is 18.2 Å². The van der Waals surface area contributed by atoms with Gasteiger partial charge in [0.1, 0.15) is 0 Å². The van der Waals surface area contributed by atoms with Crippen LogP contribution >= 0.6 is 11.6 Å². The van der Waals surface area contributed by atoms with E-state index in [4.69, 9.17) is 16.3 Å². The normalized spacial score (nSPS) is 16.4. The molecule has 0 radical (unpaired) electrons. The highest BCUT2D eigenvalue weighted by Crippen LogP contribution is 2.32. The summed E-state index contributed by atoms with van der Waals surface area (Å²) < 4.78 is 4.85. The molecule has 0 bridgehead atoms. The first-order chi connectivity index (χ1) is 11.0. The van der Waals surface area contributed by atoms with Crippen LogP contribution in [0.4, 0.5) is 0 Å². The monoisotopic (exact) mass is 333 g/mol. The standard InChI is InChI=1S/C18H20ClNO3/c1-4-5-10-20-12(2)16(18(22)23-3)14(17(20)21)11-13-8-6-7-9-15(13)19/h6-9,11H,4-5,10H2,1-3H3/b14-11-. The van der Waals surface area contributed by atoms with Gasteiger partial charge in [-0.25, -0.2) is 4.79 Å². The van der Waals surface area contributed by atoms with Gasteiger partial charge in [-0.15, -0.1) is 0 Å². The highest BCUT2D eigenvalue weighted by atomic mass is 35.5. The lowest BCUT2D eigenvalue weighted by Gasteiger charge is -2.17. The summed E-state index contributed by atoms with van der Waals surface area (Å²) in [6.45, 7) is 4.41. The first kappa shape index (κ1) is 17.3. The van der Waals surface area contributed by atoms with Crippen molar-refractivity contribution in [3.8, 4) is 0 Å². The van der Waals surface area contributed by atoms with Gasteiger partial charge in [-0.05, 0) is 31.1 Å². The first-order valence-corrected chi connectivity index (χ1v) is 7.96. The summed E-state index contributed by atoms with van der Waals surface area (Å²) in [5, 5.41) is 0.529. The molecule has 0 saturated carbocycles. The van der Waals surface area contributed by atoms with Crippen LogP contribution in [0.5, 0.6) is 0 Å². The summed E-state index contributed by atoms with van der Waals surface area (Å²) in [7, 11) is 1.31. The zero-order chi connectivity index (χ0) is 17.0. The number of halogens is 1. The number of allylic oxidation sites excluding steroid dienone is 1. The molecule has 1 aliphatic heterocycles. The Labute approximate surface area is 141 Å². The van der Waals surface area contributed by atoms with Gasteiger partial charge >= 0.3 is 5.97 Å². The van der Waals surface area contributed by atoms with Crippen LogP contribution in [0.1, 0.15) is 32.3 Å². The molecule has 1 aromatic rings. The maximum Gasteiger partial charge on any atom is 0.340 e. The Balaban J connectivity index is 2.50. The third-order valence-corrected chi connectivity index (χ3v) is 4.19. The molecule has 1 aliphatic rings. The van der Waals surface area contributed by atoms with Crippen molar-refractivity contribution < 1.29 is 14.3 Å². The van der Waals surface area contributed by atoms with Gasteiger partial charge in [-0.2, -0.15) is 0 Å². The van der Waals surface area contributed by atoms with Crippen molar-refractivity contribution in [1.82, 2.24) is 4.90 Å². The molecule has 1 aromatic carbocycles. The van der Waals surface area contributed by atoms with Crippen LogP contribution in [0.15, 0.2) is 41.1 Å². The molecule has 0 atom stereocenters. The molecule has 0 N–H and O–H groups in total. The molecular weight excluding hydrogens is 314 g/mol. The second kappa shape index (κ2) is 7.47. The molecule has 23 heavy (non-hydrogen) atoms. The topological polar surface area (TPSA) is 46.6 Å². The maximum atomic E-state index is 12.7. The number of benzene rings is 1. The molecule has 0 fully saturated rings. The van der Waals surface area contributed by atoms with Gasteiger partial charge in [-0.3, -0.25) is 4.79 Å². The Bertz CT molecular complexity index is 691. The van der Waals surface area contributed by atoms with Crippen molar-refractivity contribution in [3.63, 3.8) is 0 Å². The number of methoxy groups -OCH3 is 1. The van der Waals surface area contributed by atoms with Crippen LogP contribution in [0, 0.1) is 0 Å². The fraction of sp³-hybridized carbons (Fsp3) is 0.333. The smallest absolute Gasteiger partial charge is 0.340 e. The third kappa shape index (κ3) is 3.48. The molecule has 0 aliphatic carbocycles. The molecule has 0 aromatic heterocycles. The number of hydrogen-bond acceptors (Lipinski definition) is 3. The Morgan fingerprint density at radius 2 is 2.04 bits per heavy atom. The van der Waals surface area contributed by atoms with Crippen LogP contribution < -0.4 is 0 Å². The van der Waals surface area contributed by atoms with Crippen molar-refractivity contribution in [2.24, 2.45) is 0 Å². The van der Waals surface area contributed by atoms with Gasteiger partial charge in [0.15, 0.2) is 0 Å². The highest BCUT2D eigenvalue weighted by Gasteiger charge is 2.36. The molecule has 2 rings (SSSR count). The molecule has 0 unspecified atom stereocenters. The van der Waals surface area contributed by atoms with Crippen LogP contribution in [0.25, 0.3) is 6.08 Å². The largest absolute Gasteiger partial charge is 0.465 e. The second-order valence-electron chi connectivity index (χ2n) is 5.34. The molecule has 5 heteroatoms. The number of hydrogen-bond donors (Lipinski definition) is 0. The molecule has 0 saturated heterocycles. The second-order valence-corrected chi connectivity index (χ2v) is 5.75. The van der Waals surface area contributed by atoms with Gasteiger partial charge in [0, 0.05) is 17.3 Å². The van der Waals surface area contributed by atoms with Crippen molar-refractivity contribution in [2.75, 3.05) is 13.7 Å². The number of unbranched alkanes of at least 4 members (excludes halogenated alkanes) is 1. The molecule has 0 spiro atoms. The number of ether oxygens (including phenoxy) is 1. The first-order valence-electron chi connectivity index (χ1n) is 7.58. The minimum Gasteiger partial charge on any atom is -0.465 e. The van der Waals surface area contributed by atoms with Gasteiger partial charge < -0.3 is 9.64 Å². The molecule has 4 nitrogen and oxygen atoms in total. The number of nitrogens with zero attached hydrogens (tertiary/aromatic N) is 1. The van der Waals surface area contributed by atoms with Gasteiger partial charge in [0.25, 0.3) is 5.91 Å². The number of rotatable bonds is 5. The highest BCUT2D eigenvalue weighted by molar-refractivity contribution is 6.32. The summed E-state index contributed by atoms with van der Waals surface area (Å²) in [6, 6.07) is 7.20. The van der Waals surface area contributed by atoms with Gasteiger partial charge in [0.2, 0.25) is 0 Å². The minimum atomic E-state index is -0.506. The quantitative estimate of drug-likeness (QED) is 0.608. The van der Waals surface area contributed by atoms with Crippen molar-refractivity contribution in [1.29, 1.82) is 0 Å². The Kier molecular flexibility index (Phi) is 5.61. The minimum absolute atomic E-state index is 0.184. The average Bonchev–Trinajstić information content (AvgIpc) is 2.77. The van der Waals surface area contributed by atoms with Gasteiger partial charge in [-0.1, -0.05) is 43.1 Å². The zero-order valence-electron chi connectivity index (χ0n) is 13.6. The fourth-order valence-corrected chi connectivity index (χ4v) is 2.75. The van der Waals surface area contributed by atoms with Gasteiger partial charge in [0.05, 0.1) is 18.3 Å². The predicted molar refractivity (Wildman–Crippen MR) is 90.8 cm³/mol. The van der Waals surface area contributed by atoms with Crippen molar-refractivity contribution >= 4 is 29.6 Å². The number of esters is 1. The van der Waals surface area contributed by atoms with E-state index in [0.717, 1.165) is 12.8 Å². The van der Waals surface area contributed by atoms with Crippen LogP contribution in [-0.4, -0.2) is 30.4 Å². The summed E-state index contributed by atoms with van der Waals surface area (Å²) in [5.74, 6) is -0.690. The number of carbonyl (C=O) groups excluding carboxylic acids is 2. The lowest BCUT2D eigenvalue weighted by molar-refractivity contribution is -0.136. The molecule has 122 valence electrons. The van der Waals surface area contributed by atoms with E-state index < -0.39 is 5.97 Å². The van der Waals surface area contributed by atoms with Crippen molar-refractivity contribution in [3.05, 3.63) is 51.7 Å². The van der Waals surface area contributed by atoms with E-state index in [1.54, 1.807) is 24.0 Å². The van der Waals surface area contributed by atoms with E-state index in [1.165, 1.54) is 7.11 Å². The summed E-state index contributed by atoms with van der Waals surface area (Å²) in [5.41, 5.74) is 1.98. The Hall–Kier alpha value is -2.07. The average molecular weight is 334 g/mol. The molecule has 1 heterocycles. The lowest BCUT2D eigenvalue weighted by atomic mass is 10.0. The number of carbonyl (C=O) groups is 2. The molecular formula is C18H20ClNO3. The van der Waals surface area contributed by atoms with Crippen molar-refractivity contribution in [2.45, 2.75) is 26.7 Å². The van der Waals surface area contributed by atoms with E-state index in [9.17, 15) is 9.59 Å². The SMILES string of the molecule is CCCCN1C(=O)/C(=C\c2ccccc2Cl)C(C(=O)OC)=C1C. The maximum absolute atomic E-state index is 12.7. The fourth-order valence-electron chi connectivity index (χ4n) is 2.56. The lowest BCUT2D eigenvalue weighted by Crippen LogP contribution is -2.26. The van der Waals surface area contributed by atoms with Crippen LogP contribution in [0.2, 0.25) is 5.02 Å².